The average Bonchev–Trinajstić information content (AvgIpc) is 3.44. The minimum Gasteiger partial charge on any atom is -0.487 e. The van der Waals surface area contributed by atoms with Crippen LogP contribution in [0.15, 0.2) is 65.2 Å². The van der Waals surface area contributed by atoms with Crippen molar-refractivity contribution < 1.29 is 23.1 Å². The molecule has 0 spiro atoms. The van der Waals surface area contributed by atoms with Gasteiger partial charge in [0.25, 0.3) is 5.91 Å². The zero-order chi connectivity index (χ0) is 23.4. The van der Waals surface area contributed by atoms with Gasteiger partial charge in [0.2, 0.25) is 5.91 Å². The van der Waals surface area contributed by atoms with Crippen LogP contribution in [0, 0.1) is 12.7 Å². The summed E-state index contributed by atoms with van der Waals surface area (Å²) in [4.78, 5) is 23.8. The number of nitrogens with two attached hydrogens (primary N) is 1. The number of nitrogens with one attached hydrogen (secondary N) is 1. The fourth-order valence-electron chi connectivity index (χ4n) is 3.07. The minimum atomic E-state index is -0.657. The Morgan fingerprint density at radius 2 is 2.03 bits per heavy atom. The zero-order valence-electron chi connectivity index (χ0n) is 17.6. The van der Waals surface area contributed by atoms with Crippen LogP contribution in [0.5, 0.6) is 5.75 Å². The molecule has 33 heavy (non-hydrogen) atoms. The molecule has 168 valence electrons. The average molecular weight is 449 g/mol. The summed E-state index contributed by atoms with van der Waals surface area (Å²) in [5, 5.41) is 10.7. The van der Waals surface area contributed by atoms with Crippen LogP contribution in [0.25, 0.3) is 11.3 Å². The number of halogens is 1. The van der Waals surface area contributed by atoms with Gasteiger partial charge in [-0.05, 0) is 42.8 Å². The van der Waals surface area contributed by atoms with Crippen LogP contribution in [0.2, 0.25) is 0 Å². The maximum Gasteiger partial charge on any atom is 0.284 e. The number of anilines is 1. The largest absolute Gasteiger partial charge is 0.487 e. The van der Waals surface area contributed by atoms with Crippen molar-refractivity contribution in [1.82, 2.24) is 15.0 Å². The van der Waals surface area contributed by atoms with E-state index in [9.17, 15) is 14.0 Å². The molecule has 2 heterocycles. The lowest BCUT2D eigenvalue weighted by Gasteiger charge is -2.10. The fourth-order valence-corrected chi connectivity index (χ4v) is 3.07. The molecule has 0 aliphatic rings. The summed E-state index contributed by atoms with van der Waals surface area (Å²) in [6.45, 7) is 1.87. The van der Waals surface area contributed by atoms with Crippen LogP contribution in [0.3, 0.4) is 0 Å². The topological polar surface area (TPSA) is 125 Å². The number of carbonyl (C=O) groups excluding carboxylic acids is 2. The fraction of sp³-hybridized carbons (Fsp3) is 0.130. The van der Waals surface area contributed by atoms with Crippen molar-refractivity contribution in [3.63, 3.8) is 0 Å². The van der Waals surface area contributed by atoms with Gasteiger partial charge in [-0.15, -0.1) is 5.10 Å². The Hall–Kier alpha value is -4.47. The SMILES string of the molecule is Cc1ccc(-c2ccc(C(N)=O)o2)cc1NC(=O)Cn1cc(COc2cccc(F)c2)nn1. The van der Waals surface area contributed by atoms with Crippen LogP contribution in [-0.4, -0.2) is 26.8 Å². The van der Waals surface area contributed by atoms with Crippen molar-refractivity contribution in [1.29, 1.82) is 0 Å². The summed E-state index contributed by atoms with van der Waals surface area (Å²) in [6, 6.07) is 14.3. The number of aryl methyl sites for hydroxylation is 1. The predicted octanol–water partition coefficient (Wildman–Crippen LogP) is 3.30. The van der Waals surface area contributed by atoms with E-state index in [1.165, 1.54) is 22.9 Å². The van der Waals surface area contributed by atoms with Gasteiger partial charge < -0.3 is 20.2 Å². The molecule has 2 amide bonds. The smallest absolute Gasteiger partial charge is 0.284 e. The first-order valence-electron chi connectivity index (χ1n) is 9.95. The minimum absolute atomic E-state index is 0.0551. The van der Waals surface area contributed by atoms with E-state index in [-0.39, 0.29) is 24.8 Å². The molecule has 2 aromatic heterocycles. The monoisotopic (exact) mass is 449 g/mol. The third-order valence-electron chi connectivity index (χ3n) is 4.72. The van der Waals surface area contributed by atoms with Gasteiger partial charge in [0.1, 0.15) is 36.2 Å². The number of amides is 2. The van der Waals surface area contributed by atoms with Crippen LogP contribution in [-0.2, 0) is 17.9 Å². The van der Waals surface area contributed by atoms with Gasteiger partial charge in [0.05, 0.1) is 6.20 Å². The lowest BCUT2D eigenvalue weighted by Crippen LogP contribution is -2.19. The Morgan fingerprint density at radius 1 is 1.18 bits per heavy atom. The summed E-state index contributed by atoms with van der Waals surface area (Å²) in [5.74, 6) is -0.479. The molecule has 0 bridgehead atoms. The number of ether oxygens (including phenoxy) is 1. The van der Waals surface area contributed by atoms with E-state index in [1.54, 1.807) is 30.5 Å². The predicted molar refractivity (Wildman–Crippen MR) is 117 cm³/mol. The van der Waals surface area contributed by atoms with E-state index in [1.807, 2.05) is 19.1 Å². The lowest BCUT2D eigenvalue weighted by molar-refractivity contribution is -0.116. The molecule has 0 radical (unpaired) electrons. The molecule has 0 atom stereocenters. The van der Waals surface area contributed by atoms with E-state index in [2.05, 4.69) is 15.6 Å². The van der Waals surface area contributed by atoms with E-state index in [0.29, 0.717) is 28.5 Å². The summed E-state index contributed by atoms with van der Waals surface area (Å²) in [7, 11) is 0. The molecule has 4 aromatic rings. The standard InChI is InChI=1S/C23H20FN5O4/c1-14-5-6-15(20-7-8-21(33-20)23(25)31)9-19(14)26-22(30)12-29-11-17(27-28-29)13-32-18-4-2-3-16(24)10-18/h2-11H,12-13H2,1H3,(H2,25,31)(H,26,30). The number of nitrogens with zero attached hydrogens (tertiary/aromatic N) is 3. The molecule has 0 saturated heterocycles. The highest BCUT2D eigenvalue weighted by Crippen LogP contribution is 2.27. The molecule has 0 fully saturated rings. The molecular weight excluding hydrogens is 429 g/mol. The first kappa shape index (κ1) is 21.8. The van der Waals surface area contributed by atoms with E-state index >= 15 is 0 Å². The molecule has 9 nitrogen and oxygen atoms in total. The molecule has 10 heteroatoms. The maximum absolute atomic E-state index is 13.2. The summed E-state index contributed by atoms with van der Waals surface area (Å²) in [5.41, 5.74) is 7.84. The van der Waals surface area contributed by atoms with Crippen LogP contribution in [0.1, 0.15) is 21.8 Å². The maximum atomic E-state index is 13.2. The lowest BCUT2D eigenvalue weighted by atomic mass is 10.1. The van der Waals surface area contributed by atoms with E-state index < -0.39 is 11.7 Å². The number of furan rings is 1. The first-order chi connectivity index (χ1) is 15.9. The first-order valence-corrected chi connectivity index (χ1v) is 9.95. The summed E-state index contributed by atoms with van der Waals surface area (Å²) in [6.07, 6.45) is 1.58. The molecular formula is C23H20FN5O4. The number of carbonyl (C=O) groups is 2. The van der Waals surface area contributed by atoms with Crippen molar-refractivity contribution in [2.45, 2.75) is 20.1 Å². The molecule has 0 saturated carbocycles. The number of hydrogen-bond acceptors (Lipinski definition) is 6. The highest BCUT2D eigenvalue weighted by Gasteiger charge is 2.13. The van der Waals surface area contributed by atoms with Gasteiger partial charge in [-0.25, -0.2) is 9.07 Å². The normalized spacial score (nSPS) is 10.7. The molecule has 0 aliphatic heterocycles. The van der Waals surface area contributed by atoms with Crippen LogP contribution >= 0.6 is 0 Å². The second kappa shape index (κ2) is 9.35. The molecule has 0 aliphatic carbocycles. The summed E-state index contributed by atoms with van der Waals surface area (Å²) >= 11 is 0. The van der Waals surface area contributed by atoms with Crippen molar-refractivity contribution in [2.24, 2.45) is 5.73 Å². The van der Waals surface area contributed by atoms with E-state index in [0.717, 1.165) is 5.56 Å². The number of benzene rings is 2. The number of hydrogen-bond donors (Lipinski definition) is 2. The third kappa shape index (κ3) is 5.42. The van der Waals surface area contributed by atoms with Crippen molar-refractivity contribution in [2.75, 3.05) is 5.32 Å². The van der Waals surface area contributed by atoms with Crippen molar-refractivity contribution in [3.05, 3.63) is 83.6 Å². The number of rotatable bonds is 8. The Kier molecular flexibility index (Phi) is 6.16. The van der Waals surface area contributed by atoms with E-state index in [4.69, 9.17) is 14.9 Å². The number of aromatic nitrogens is 3. The molecule has 2 aromatic carbocycles. The second-order valence-corrected chi connectivity index (χ2v) is 7.26. The Labute approximate surface area is 188 Å². The van der Waals surface area contributed by atoms with Gasteiger partial charge >= 0.3 is 0 Å². The highest BCUT2D eigenvalue weighted by molar-refractivity contribution is 5.92. The Morgan fingerprint density at radius 3 is 2.79 bits per heavy atom. The summed E-state index contributed by atoms with van der Waals surface area (Å²) < 4.78 is 25.5. The van der Waals surface area contributed by atoms with Gasteiger partial charge in [-0.3, -0.25) is 9.59 Å². The Balaban J connectivity index is 1.38. The zero-order valence-corrected chi connectivity index (χ0v) is 17.6. The highest BCUT2D eigenvalue weighted by atomic mass is 19.1. The van der Waals surface area contributed by atoms with Gasteiger partial charge in [-0.2, -0.15) is 0 Å². The molecule has 0 unspecified atom stereocenters. The van der Waals surface area contributed by atoms with Crippen molar-refractivity contribution in [3.8, 4) is 17.1 Å². The van der Waals surface area contributed by atoms with Crippen molar-refractivity contribution >= 4 is 17.5 Å². The third-order valence-corrected chi connectivity index (χ3v) is 4.72. The van der Waals surface area contributed by atoms with Gasteiger partial charge in [0.15, 0.2) is 5.76 Å². The number of primary amides is 1. The Bertz CT molecular complexity index is 1310. The van der Waals surface area contributed by atoms with Gasteiger partial charge in [0, 0.05) is 17.3 Å². The second-order valence-electron chi connectivity index (χ2n) is 7.26. The quantitative estimate of drug-likeness (QED) is 0.425. The van der Waals surface area contributed by atoms with Gasteiger partial charge in [-0.1, -0.05) is 23.4 Å². The molecule has 4 rings (SSSR count). The van der Waals surface area contributed by atoms with Crippen LogP contribution < -0.4 is 15.8 Å². The molecule has 3 N–H and O–H groups in total. The van der Waals surface area contributed by atoms with Crippen LogP contribution in [0.4, 0.5) is 10.1 Å².